The van der Waals surface area contributed by atoms with Gasteiger partial charge in [-0.15, -0.1) is 0 Å². The first-order valence-electron chi connectivity index (χ1n) is 12.8. The molecule has 0 aliphatic heterocycles. The van der Waals surface area contributed by atoms with E-state index >= 15 is 0 Å². The van der Waals surface area contributed by atoms with Gasteiger partial charge in [0.05, 0.1) is 0 Å². The van der Waals surface area contributed by atoms with Crippen LogP contribution in [-0.4, -0.2) is 9.97 Å². The fraction of sp³-hybridized carbons (Fsp3) is 0.643. The van der Waals surface area contributed by atoms with Crippen LogP contribution in [-0.2, 0) is 12.8 Å². The lowest BCUT2D eigenvalue weighted by molar-refractivity contribution is 0.422. The molecule has 2 heterocycles. The van der Waals surface area contributed by atoms with Gasteiger partial charge in [-0.3, -0.25) is 0 Å². The van der Waals surface area contributed by atoms with E-state index in [4.69, 9.17) is 0 Å². The Hall–Kier alpha value is -1.70. The van der Waals surface area contributed by atoms with Crippen LogP contribution < -0.4 is 0 Å². The fourth-order valence-corrected chi connectivity index (χ4v) is 5.32. The van der Waals surface area contributed by atoms with Crippen molar-refractivity contribution in [1.29, 1.82) is 0 Å². The van der Waals surface area contributed by atoms with E-state index in [1.807, 2.05) is 0 Å². The molecule has 3 aromatic rings. The molecule has 166 valence electrons. The van der Waals surface area contributed by atoms with Crippen LogP contribution in [0.2, 0.25) is 0 Å². The van der Waals surface area contributed by atoms with Crippen molar-refractivity contribution < 1.29 is 0 Å². The number of rotatable bonds is 14. The third-order valence-corrected chi connectivity index (χ3v) is 7.44. The predicted octanol–water partition coefficient (Wildman–Crippen LogP) is 8.95. The molecule has 2 atom stereocenters. The van der Waals surface area contributed by atoms with Gasteiger partial charge >= 0.3 is 0 Å². The van der Waals surface area contributed by atoms with Gasteiger partial charge in [0.15, 0.2) is 0 Å². The summed E-state index contributed by atoms with van der Waals surface area (Å²) in [5, 5.41) is 2.90. The first-order chi connectivity index (χ1) is 14.7. The zero-order valence-corrected chi connectivity index (χ0v) is 19.9. The van der Waals surface area contributed by atoms with E-state index in [9.17, 15) is 0 Å². The molecule has 0 saturated heterocycles. The van der Waals surface area contributed by atoms with Crippen LogP contribution in [0.15, 0.2) is 24.5 Å². The largest absolute Gasteiger partial charge is 0.361 e. The van der Waals surface area contributed by atoms with Gasteiger partial charge < -0.3 is 9.97 Å². The van der Waals surface area contributed by atoms with Crippen molar-refractivity contribution in [3.05, 3.63) is 35.7 Å². The molecule has 2 heteroatoms. The van der Waals surface area contributed by atoms with Crippen LogP contribution in [0.25, 0.3) is 21.8 Å². The normalized spacial score (nSPS) is 14.0. The number of hydrogen-bond acceptors (Lipinski definition) is 0. The number of hydrogen-bond donors (Lipinski definition) is 2. The summed E-state index contributed by atoms with van der Waals surface area (Å²) < 4.78 is 0. The van der Waals surface area contributed by atoms with E-state index in [1.165, 1.54) is 110 Å². The number of aromatic nitrogens is 2. The quantitative estimate of drug-likeness (QED) is 0.267. The minimum atomic E-state index is 0.854. The molecule has 30 heavy (non-hydrogen) atoms. The summed E-state index contributed by atoms with van der Waals surface area (Å²) in [6.45, 7) is 9.34. The molecule has 0 radical (unpaired) electrons. The first-order valence-corrected chi connectivity index (χ1v) is 12.8. The number of aromatic amines is 2. The molecule has 0 aliphatic rings. The molecule has 1 aromatic carbocycles. The molecule has 0 saturated carbocycles. The lowest BCUT2D eigenvalue weighted by Gasteiger charge is -2.18. The zero-order chi connectivity index (χ0) is 21.3. The smallest absolute Gasteiger partial charge is 0.0496 e. The zero-order valence-electron chi connectivity index (χ0n) is 19.9. The van der Waals surface area contributed by atoms with Crippen LogP contribution >= 0.6 is 0 Å². The Kier molecular flexibility index (Phi) is 8.90. The molecule has 0 aliphatic carbocycles. The highest BCUT2D eigenvalue weighted by atomic mass is 14.7. The van der Waals surface area contributed by atoms with E-state index < -0.39 is 0 Å². The van der Waals surface area contributed by atoms with E-state index in [-0.39, 0.29) is 0 Å². The summed E-state index contributed by atoms with van der Waals surface area (Å²) in [6, 6.07) is 4.63. The molecule has 0 fully saturated rings. The van der Waals surface area contributed by atoms with Gasteiger partial charge in [-0.2, -0.15) is 0 Å². The van der Waals surface area contributed by atoms with Gasteiger partial charge in [-0.25, -0.2) is 0 Å². The molecule has 0 bridgehead atoms. The van der Waals surface area contributed by atoms with Crippen molar-refractivity contribution in [2.45, 2.75) is 105 Å². The summed E-state index contributed by atoms with van der Waals surface area (Å²) in [5.74, 6) is 1.71. The Morgan fingerprint density at radius 3 is 1.43 bits per heavy atom. The SMILES string of the molecule is CCCCC(CC)CCc1c2cc[nH]c2c(CCC(CC)CCCC)c2cc[nH]c12. The summed E-state index contributed by atoms with van der Waals surface area (Å²) >= 11 is 0. The van der Waals surface area contributed by atoms with Gasteiger partial charge in [0, 0.05) is 34.2 Å². The Morgan fingerprint density at radius 2 is 1.07 bits per heavy atom. The Bertz CT molecular complexity index is 764. The summed E-state index contributed by atoms with van der Waals surface area (Å²) in [6.07, 6.45) is 20.0. The Labute approximate surface area is 184 Å². The maximum absolute atomic E-state index is 3.62. The highest BCUT2D eigenvalue weighted by Gasteiger charge is 2.18. The van der Waals surface area contributed by atoms with Crippen molar-refractivity contribution >= 4 is 21.8 Å². The second-order valence-electron chi connectivity index (χ2n) is 9.40. The topological polar surface area (TPSA) is 31.6 Å². The number of H-pyrrole nitrogens is 2. The average Bonchev–Trinajstić information content (AvgIpc) is 3.44. The van der Waals surface area contributed by atoms with E-state index in [2.05, 4.69) is 62.2 Å². The van der Waals surface area contributed by atoms with Crippen molar-refractivity contribution in [3.8, 4) is 0 Å². The monoisotopic (exact) mass is 408 g/mol. The van der Waals surface area contributed by atoms with Crippen LogP contribution in [0.5, 0.6) is 0 Å². The lowest BCUT2D eigenvalue weighted by atomic mass is 9.88. The minimum Gasteiger partial charge on any atom is -0.361 e. The van der Waals surface area contributed by atoms with E-state index in [0.717, 1.165) is 11.8 Å². The molecule has 2 N–H and O–H groups in total. The van der Waals surface area contributed by atoms with Crippen molar-refractivity contribution in [3.63, 3.8) is 0 Å². The maximum Gasteiger partial charge on any atom is 0.0496 e. The standard InChI is InChI=1S/C28H44N2/c1-5-9-11-21(7-3)13-15-23-25-17-19-30-28(25)24(26-18-20-29-27(23)26)16-14-22(8-4)12-10-6-2/h17-22,29-30H,5-16H2,1-4H3. The van der Waals surface area contributed by atoms with Crippen molar-refractivity contribution in [2.24, 2.45) is 11.8 Å². The third kappa shape index (κ3) is 5.31. The van der Waals surface area contributed by atoms with Gasteiger partial charge in [0.1, 0.15) is 0 Å². The number of unbranched alkanes of at least 4 members (excludes halogenated alkanes) is 2. The third-order valence-electron chi connectivity index (χ3n) is 7.44. The first kappa shape index (κ1) is 23.0. The second kappa shape index (κ2) is 11.6. The molecule has 0 amide bonds. The Balaban J connectivity index is 1.85. The fourth-order valence-electron chi connectivity index (χ4n) is 5.32. The number of nitrogens with one attached hydrogen (secondary N) is 2. The molecule has 2 unspecified atom stereocenters. The summed E-state index contributed by atoms with van der Waals surface area (Å²) in [4.78, 5) is 7.23. The summed E-state index contributed by atoms with van der Waals surface area (Å²) in [7, 11) is 0. The van der Waals surface area contributed by atoms with Gasteiger partial charge in [0.25, 0.3) is 0 Å². The van der Waals surface area contributed by atoms with Crippen molar-refractivity contribution in [2.75, 3.05) is 0 Å². The Morgan fingerprint density at radius 1 is 0.633 bits per heavy atom. The summed E-state index contributed by atoms with van der Waals surface area (Å²) in [5.41, 5.74) is 5.85. The molecule has 2 aromatic heterocycles. The second-order valence-corrected chi connectivity index (χ2v) is 9.40. The van der Waals surface area contributed by atoms with Crippen molar-refractivity contribution in [1.82, 2.24) is 9.97 Å². The molecule has 2 nitrogen and oxygen atoms in total. The van der Waals surface area contributed by atoms with E-state index in [0.29, 0.717) is 0 Å². The van der Waals surface area contributed by atoms with Crippen LogP contribution in [0.3, 0.4) is 0 Å². The van der Waals surface area contributed by atoms with Gasteiger partial charge in [0.2, 0.25) is 0 Å². The van der Waals surface area contributed by atoms with Crippen LogP contribution in [0, 0.1) is 11.8 Å². The van der Waals surface area contributed by atoms with Gasteiger partial charge in [-0.1, -0.05) is 79.1 Å². The highest BCUT2D eigenvalue weighted by Crippen LogP contribution is 2.35. The molecule has 3 rings (SSSR count). The molecular weight excluding hydrogens is 364 g/mol. The van der Waals surface area contributed by atoms with E-state index in [1.54, 1.807) is 0 Å². The molecule has 0 spiro atoms. The highest BCUT2D eigenvalue weighted by molar-refractivity contribution is 6.03. The van der Waals surface area contributed by atoms with Crippen LogP contribution in [0.4, 0.5) is 0 Å². The number of benzene rings is 1. The number of aryl methyl sites for hydroxylation is 2. The average molecular weight is 409 g/mol. The minimum absolute atomic E-state index is 0.854. The lowest BCUT2D eigenvalue weighted by Crippen LogP contribution is -2.04. The predicted molar refractivity (Wildman–Crippen MR) is 133 cm³/mol. The van der Waals surface area contributed by atoms with Gasteiger partial charge in [-0.05, 0) is 60.8 Å². The molecular formula is C28H44N2. The maximum atomic E-state index is 3.62. The number of fused-ring (bicyclic) bond motifs is 2. The van der Waals surface area contributed by atoms with Crippen LogP contribution in [0.1, 0.15) is 103 Å².